The minimum absolute atomic E-state index is 0.0591. The summed E-state index contributed by atoms with van der Waals surface area (Å²) in [5.74, 6) is -3.17. The molecular formula is C15H20F3NO2S. The molecule has 1 aliphatic carbocycles. The number of benzene rings is 1. The second kappa shape index (κ2) is 6.29. The molecule has 1 saturated carbocycles. The Hall–Kier alpha value is -0.920. The molecule has 2 atom stereocenters. The zero-order valence-electron chi connectivity index (χ0n) is 12.7. The third-order valence-corrected chi connectivity index (χ3v) is 4.79. The first kappa shape index (κ1) is 17.4. The van der Waals surface area contributed by atoms with Crippen LogP contribution in [0.4, 0.5) is 13.2 Å². The molecule has 22 heavy (non-hydrogen) atoms. The standard InChI is InChI=1S/C15H20F3NO2S/c1-14(2,3)22(20)19-15(18,13(16)17)11-6-4-5-7-12(11)21-10-8-9-10/h4-7,10,13,19H,8-9H2,1-3H3. The smallest absolute Gasteiger partial charge is 0.293 e. The van der Waals surface area contributed by atoms with Gasteiger partial charge >= 0.3 is 0 Å². The van der Waals surface area contributed by atoms with E-state index in [0.717, 1.165) is 12.8 Å². The molecule has 0 heterocycles. The van der Waals surface area contributed by atoms with Gasteiger partial charge in [0.2, 0.25) is 0 Å². The molecule has 1 aromatic carbocycles. The summed E-state index contributed by atoms with van der Waals surface area (Å²) in [5, 5.41) is 0. The highest BCUT2D eigenvalue weighted by Gasteiger charge is 2.50. The summed E-state index contributed by atoms with van der Waals surface area (Å²) in [5.41, 5.74) is -0.325. The third kappa shape index (κ3) is 3.88. The number of alkyl halides is 3. The highest BCUT2D eigenvalue weighted by molar-refractivity contribution is 7.90. The number of hydrogen-bond acceptors (Lipinski definition) is 3. The fourth-order valence-electron chi connectivity index (χ4n) is 1.74. The topological polar surface area (TPSA) is 44.3 Å². The number of hydrogen-bond donors (Lipinski definition) is 1. The quantitative estimate of drug-likeness (QED) is 0.637. The van der Waals surface area contributed by atoms with Gasteiger partial charge in [0.15, 0.2) is 0 Å². The van der Waals surface area contributed by atoms with Crippen LogP contribution in [0.25, 0.3) is 0 Å². The summed E-state index contributed by atoms with van der Waals surface area (Å²) in [6, 6.07) is 5.73. The normalized spacial score (nSPS) is 19.8. The van der Waals surface area contributed by atoms with Crippen molar-refractivity contribution in [1.29, 1.82) is 0 Å². The Morgan fingerprint density at radius 2 is 1.86 bits per heavy atom. The van der Waals surface area contributed by atoms with Gasteiger partial charge in [-0.25, -0.2) is 13.2 Å². The average molecular weight is 335 g/mol. The van der Waals surface area contributed by atoms with Crippen LogP contribution in [0.3, 0.4) is 0 Å². The molecule has 0 bridgehead atoms. The van der Waals surface area contributed by atoms with Crippen molar-refractivity contribution in [3.8, 4) is 5.75 Å². The molecule has 0 aromatic heterocycles. The van der Waals surface area contributed by atoms with Gasteiger partial charge in [-0.2, -0.15) is 0 Å². The van der Waals surface area contributed by atoms with Crippen molar-refractivity contribution < 1.29 is 22.5 Å². The summed E-state index contributed by atoms with van der Waals surface area (Å²) in [4.78, 5) is 0. The van der Waals surface area contributed by atoms with Crippen molar-refractivity contribution >= 4 is 11.4 Å². The second-order valence-corrected chi connectivity index (χ2v) is 8.28. The van der Waals surface area contributed by atoms with Crippen molar-refractivity contribution in [2.24, 2.45) is 0 Å². The van der Waals surface area contributed by atoms with E-state index in [9.17, 15) is 13.3 Å². The summed E-state index contributed by atoms with van der Waals surface area (Å²) < 4.78 is 60.6. The van der Waals surface area contributed by atoms with Gasteiger partial charge in [0.1, 0.15) is 10.5 Å². The molecule has 0 spiro atoms. The molecule has 1 fully saturated rings. The lowest BCUT2D eigenvalue weighted by molar-refractivity contribution is -0.0493. The number of nitrogens with one attached hydrogen (secondary N) is 1. The van der Waals surface area contributed by atoms with Crippen molar-refractivity contribution in [3.63, 3.8) is 0 Å². The molecule has 3 nitrogen and oxygen atoms in total. The maximum atomic E-state index is 15.0. The summed E-state index contributed by atoms with van der Waals surface area (Å²) in [6.45, 7) is 4.73. The van der Waals surface area contributed by atoms with Gasteiger partial charge in [0.25, 0.3) is 12.2 Å². The molecular weight excluding hydrogens is 315 g/mol. The number of para-hydroxylation sites is 1. The van der Waals surface area contributed by atoms with Gasteiger partial charge in [0.05, 0.1) is 11.7 Å². The minimum atomic E-state index is -3.39. The molecule has 0 aliphatic heterocycles. The number of ether oxygens (including phenoxy) is 1. The van der Waals surface area contributed by atoms with Crippen molar-refractivity contribution in [2.75, 3.05) is 0 Å². The number of halogens is 3. The van der Waals surface area contributed by atoms with Gasteiger partial charge in [-0.3, -0.25) is 0 Å². The van der Waals surface area contributed by atoms with Gasteiger partial charge in [-0.05, 0) is 39.7 Å². The van der Waals surface area contributed by atoms with Crippen LogP contribution in [0, 0.1) is 0 Å². The third-order valence-electron chi connectivity index (χ3n) is 3.20. The SMILES string of the molecule is CC(C)(C)[S+]([O-])NC(F)(c1ccccc1OC1CC1)C(F)F. The first-order valence-electron chi connectivity index (χ1n) is 7.07. The lowest BCUT2D eigenvalue weighted by Crippen LogP contribution is -2.52. The average Bonchev–Trinajstić information content (AvgIpc) is 3.21. The predicted octanol–water partition coefficient (Wildman–Crippen LogP) is 3.67. The van der Waals surface area contributed by atoms with E-state index in [2.05, 4.69) is 0 Å². The summed E-state index contributed by atoms with van der Waals surface area (Å²) in [6.07, 6.45) is -1.80. The molecule has 1 aliphatic rings. The van der Waals surface area contributed by atoms with E-state index in [1.165, 1.54) is 18.2 Å². The zero-order valence-corrected chi connectivity index (χ0v) is 13.6. The second-order valence-electron chi connectivity index (χ2n) is 6.31. The molecule has 1 aromatic rings. The first-order chi connectivity index (χ1) is 10.1. The van der Waals surface area contributed by atoms with Crippen LogP contribution < -0.4 is 9.46 Å². The lowest BCUT2D eigenvalue weighted by atomic mass is 10.0. The van der Waals surface area contributed by atoms with E-state index >= 15 is 4.39 Å². The lowest BCUT2D eigenvalue weighted by Gasteiger charge is -2.32. The van der Waals surface area contributed by atoms with Crippen LogP contribution in [0.15, 0.2) is 24.3 Å². The predicted molar refractivity (Wildman–Crippen MR) is 79.9 cm³/mol. The fourth-order valence-corrected chi connectivity index (χ4v) is 2.52. The van der Waals surface area contributed by atoms with Crippen LogP contribution in [-0.2, 0) is 17.2 Å². The molecule has 124 valence electrons. The van der Waals surface area contributed by atoms with E-state index in [-0.39, 0.29) is 17.4 Å². The largest absolute Gasteiger partial charge is 0.598 e. The van der Waals surface area contributed by atoms with E-state index in [0.29, 0.717) is 0 Å². The van der Waals surface area contributed by atoms with E-state index in [1.54, 1.807) is 26.8 Å². The van der Waals surface area contributed by atoms with Crippen molar-refractivity contribution in [3.05, 3.63) is 29.8 Å². The Balaban J connectivity index is 2.34. The summed E-state index contributed by atoms with van der Waals surface area (Å²) in [7, 11) is 0. The van der Waals surface area contributed by atoms with E-state index in [4.69, 9.17) is 4.74 Å². The van der Waals surface area contributed by atoms with E-state index in [1.807, 2.05) is 4.72 Å². The molecule has 1 N–H and O–H groups in total. The molecule has 7 heteroatoms. The maximum Gasteiger partial charge on any atom is 0.293 e. The van der Waals surface area contributed by atoms with Crippen LogP contribution in [0.2, 0.25) is 0 Å². The van der Waals surface area contributed by atoms with Gasteiger partial charge < -0.3 is 9.29 Å². The Labute approximate surface area is 131 Å². The van der Waals surface area contributed by atoms with Crippen LogP contribution in [0.5, 0.6) is 5.75 Å². The molecule has 0 radical (unpaired) electrons. The Morgan fingerprint density at radius 1 is 1.27 bits per heavy atom. The molecule has 0 amide bonds. The minimum Gasteiger partial charge on any atom is -0.598 e. The Bertz CT molecular complexity index is 520. The van der Waals surface area contributed by atoms with Crippen LogP contribution in [-0.4, -0.2) is 21.8 Å². The maximum absolute atomic E-state index is 15.0. The zero-order chi connectivity index (χ0) is 16.5. The fraction of sp³-hybridized carbons (Fsp3) is 0.600. The van der Waals surface area contributed by atoms with Gasteiger partial charge in [-0.1, -0.05) is 22.9 Å². The highest BCUT2D eigenvalue weighted by Crippen LogP contribution is 2.40. The summed E-state index contributed by atoms with van der Waals surface area (Å²) >= 11 is -1.99. The Kier molecular flexibility index (Phi) is 4.99. The van der Waals surface area contributed by atoms with Gasteiger partial charge in [0, 0.05) is 11.4 Å². The molecule has 2 unspecified atom stereocenters. The molecule has 0 saturated heterocycles. The molecule has 2 rings (SSSR count). The van der Waals surface area contributed by atoms with Crippen LogP contribution in [0.1, 0.15) is 39.2 Å². The van der Waals surface area contributed by atoms with Gasteiger partial charge in [-0.15, -0.1) is 0 Å². The van der Waals surface area contributed by atoms with Crippen molar-refractivity contribution in [2.45, 2.75) is 56.7 Å². The number of rotatable bonds is 6. The van der Waals surface area contributed by atoms with Crippen LogP contribution >= 0.6 is 0 Å². The Morgan fingerprint density at radius 3 is 2.36 bits per heavy atom. The highest BCUT2D eigenvalue weighted by atomic mass is 32.2. The monoisotopic (exact) mass is 335 g/mol. The van der Waals surface area contributed by atoms with Crippen molar-refractivity contribution in [1.82, 2.24) is 4.72 Å². The first-order valence-corrected chi connectivity index (χ1v) is 8.22. The van der Waals surface area contributed by atoms with E-state index < -0.39 is 28.3 Å².